The van der Waals surface area contributed by atoms with Gasteiger partial charge >= 0.3 is 5.97 Å². The molecule has 0 unspecified atom stereocenters. The summed E-state index contributed by atoms with van der Waals surface area (Å²) in [6, 6.07) is 12.3. The molecule has 0 bridgehead atoms. The lowest BCUT2D eigenvalue weighted by Crippen LogP contribution is -2.50. The minimum absolute atomic E-state index is 0.0800. The standard InChI is InChI=1S/C17H16N2O7S/c1-24-17(21)11-6-2-5-9-15(11)27(22,23)19-18-16(20)14-10-25-12-7-3-4-8-13(12)26-14/h2-9,14,19H,10H2,1H3,(H,18,20)/t14-/m1/s1. The summed E-state index contributed by atoms with van der Waals surface area (Å²) in [6.45, 7) is -0.0800. The van der Waals surface area contributed by atoms with Crippen molar-refractivity contribution in [3.05, 3.63) is 54.1 Å². The minimum atomic E-state index is -4.22. The molecule has 1 aliphatic heterocycles. The van der Waals surface area contributed by atoms with E-state index >= 15 is 0 Å². The second kappa shape index (κ2) is 7.64. The average Bonchev–Trinajstić information content (AvgIpc) is 2.71. The van der Waals surface area contributed by atoms with Crippen molar-refractivity contribution in [2.24, 2.45) is 0 Å². The van der Waals surface area contributed by atoms with Crippen LogP contribution in [0.4, 0.5) is 0 Å². The van der Waals surface area contributed by atoms with Crippen molar-refractivity contribution >= 4 is 21.9 Å². The highest BCUT2D eigenvalue weighted by Gasteiger charge is 2.29. The van der Waals surface area contributed by atoms with E-state index in [9.17, 15) is 18.0 Å². The second-order valence-electron chi connectivity index (χ2n) is 5.45. The van der Waals surface area contributed by atoms with Gasteiger partial charge in [-0.1, -0.05) is 24.3 Å². The van der Waals surface area contributed by atoms with Crippen molar-refractivity contribution in [1.29, 1.82) is 0 Å². The molecular weight excluding hydrogens is 376 g/mol. The van der Waals surface area contributed by atoms with Crippen molar-refractivity contribution < 1.29 is 32.2 Å². The van der Waals surface area contributed by atoms with Crippen molar-refractivity contribution in [1.82, 2.24) is 10.3 Å². The van der Waals surface area contributed by atoms with Crippen molar-refractivity contribution in [2.45, 2.75) is 11.0 Å². The van der Waals surface area contributed by atoms with E-state index in [0.717, 1.165) is 7.11 Å². The van der Waals surface area contributed by atoms with Gasteiger partial charge in [0.2, 0.25) is 6.10 Å². The maximum Gasteiger partial charge on any atom is 0.339 e. The molecule has 0 aromatic heterocycles. The predicted molar refractivity (Wildman–Crippen MR) is 92.6 cm³/mol. The maximum atomic E-state index is 12.5. The van der Waals surface area contributed by atoms with E-state index < -0.39 is 28.0 Å². The highest BCUT2D eigenvalue weighted by atomic mass is 32.2. The number of amides is 1. The van der Waals surface area contributed by atoms with E-state index in [1.807, 2.05) is 4.83 Å². The molecule has 0 saturated heterocycles. The van der Waals surface area contributed by atoms with E-state index in [2.05, 4.69) is 10.2 Å². The van der Waals surface area contributed by atoms with E-state index in [1.165, 1.54) is 24.3 Å². The number of carbonyl (C=O) groups excluding carboxylic acids is 2. The molecule has 10 heteroatoms. The van der Waals surface area contributed by atoms with Crippen LogP contribution in [0.25, 0.3) is 0 Å². The zero-order valence-electron chi connectivity index (χ0n) is 14.2. The van der Waals surface area contributed by atoms with Crippen LogP contribution in [0, 0.1) is 0 Å². The predicted octanol–water partition coefficient (Wildman–Crippen LogP) is 0.623. The highest BCUT2D eigenvalue weighted by Crippen LogP contribution is 2.30. The number of hydrogen-bond acceptors (Lipinski definition) is 7. The van der Waals surface area contributed by atoms with Gasteiger partial charge in [-0.2, -0.15) is 0 Å². The van der Waals surface area contributed by atoms with Crippen molar-refractivity contribution in [3.63, 3.8) is 0 Å². The normalized spacial score (nSPS) is 15.7. The lowest BCUT2D eigenvalue weighted by Gasteiger charge is -2.25. The first-order valence-corrected chi connectivity index (χ1v) is 9.28. The van der Waals surface area contributed by atoms with Crippen LogP contribution < -0.4 is 19.7 Å². The largest absolute Gasteiger partial charge is 0.485 e. The van der Waals surface area contributed by atoms with Gasteiger partial charge in [0, 0.05) is 0 Å². The molecule has 0 radical (unpaired) electrons. The summed E-state index contributed by atoms with van der Waals surface area (Å²) < 4.78 is 40.4. The molecule has 27 heavy (non-hydrogen) atoms. The lowest BCUT2D eigenvalue weighted by molar-refractivity contribution is -0.130. The number of carbonyl (C=O) groups is 2. The van der Waals surface area contributed by atoms with Gasteiger partial charge in [0.25, 0.3) is 15.9 Å². The smallest absolute Gasteiger partial charge is 0.339 e. The molecule has 1 heterocycles. The molecule has 3 rings (SSSR count). The quantitative estimate of drug-likeness (QED) is 0.565. The van der Waals surface area contributed by atoms with Gasteiger partial charge in [-0.25, -0.2) is 13.2 Å². The van der Waals surface area contributed by atoms with Gasteiger partial charge in [-0.15, -0.1) is 4.83 Å². The number of esters is 1. The molecule has 0 spiro atoms. The van der Waals surface area contributed by atoms with Crippen LogP contribution in [0.1, 0.15) is 10.4 Å². The molecule has 0 fully saturated rings. The number of ether oxygens (including phenoxy) is 3. The summed E-state index contributed by atoms with van der Waals surface area (Å²) in [5.41, 5.74) is 1.91. The maximum absolute atomic E-state index is 12.5. The Balaban J connectivity index is 1.70. The third-order valence-electron chi connectivity index (χ3n) is 3.69. The Labute approximate surface area is 155 Å². The van der Waals surface area contributed by atoms with Crippen LogP contribution in [-0.2, 0) is 19.6 Å². The number of benzene rings is 2. The third kappa shape index (κ3) is 4.01. The van der Waals surface area contributed by atoms with Crippen LogP contribution in [0.5, 0.6) is 11.5 Å². The van der Waals surface area contributed by atoms with Crippen LogP contribution >= 0.6 is 0 Å². The molecule has 0 aliphatic carbocycles. The SMILES string of the molecule is COC(=O)c1ccccc1S(=O)(=O)NNC(=O)[C@H]1COc2ccccc2O1. The first-order valence-electron chi connectivity index (χ1n) is 7.80. The van der Waals surface area contributed by atoms with Crippen molar-refractivity contribution in [2.75, 3.05) is 13.7 Å². The van der Waals surface area contributed by atoms with Gasteiger partial charge in [0.1, 0.15) is 6.61 Å². The van der Waals surface area contributed by atoms with Crippen LogP contribution in [0.2, 0.25) is 0 Å². The molecule has 2 aromatic rings. The number of para-hydroxylation sites is 2. The number of fused-ring (bicyclic) bond motifs is 1. The fraction of sp³-hybridized carbons (Fsp3) is 0.176. The number of rotatable bonds is 5. The van der Waals surface area contributed by atoms with Gasteiger partial charge in [-0.3, -0.25) is 10.2 Å². The molecule has 142 valence electrons. The van der Waals surface area contributed by atoms with Crippen LogP contribution in [0.3, 0.4) is 0 Å². The molecule has 1 atom stereocenters. The molecule has 2 aromatic carbocycles. The zero-order chi connectivity index (χ0) is 19.4. The van der Waals surface area contributed by atoms with E-state index in [4.69, 9.17) is 9.47 Å². The second-order valence-corrected chi connectivity index (χ2v) is 7.10. The zero-order valence-corrected chi connectivity index (χ0v) is 15.0. The Hall–Kier alpha value is -3.11. The van der Waals surface area contributed by atoms with E-state index in [1.54, 1.807) is 24.3 Å². The summed E-state index contributed by atoms with van der Waals surface area (Å²) in [5.74, 6) is -0.691. The Morgan fingerprint density at radius 2 is 1.74 bits per heavy atom. The lowest BCUT2D eigenvalue weighted by atomic mass is 10.2. The first kappa shape index (κ1) is 18.7. The Bertz CT molecular complexity index is 975. The molecule has 0 saturated carbocycles. The Kier molecular flexibility index (Phi) is 5.28. The number of hydrazine groups is 1. The van der Waals surface area contributed by atoms with E-state index in [0.29, 0.717) is 11.5 Å². The fourth-order valence-corrected chi connectivity index (χ4v) is 3.42. The molecule has 1 amide bonds. The van der Waals surface area contributed by atoms with Gasteiger partial charge < -0.3 is 14.2 Å². The highest BCUT2D eigenvalue weighted by molar-refractivity contribution is 7.89. The number of methoxy groups -OCH3 is 1. The Morgan fingerprint density at radius 1 is 1.07 bits per heavy atom. The Morgan fingerprint density at radius 3 is 2.48 bits per heavy atom. The first-order chi connectivity index (χ1) is 12.9. The fourth-order valence-electron chi connectivity index (χ4n) is 2.38. The third-order valence-corrected chi connectivity index (χ3v) is 5.00. The summed E-state index contributed by atoms with van der Waals surface area (Å²) in [6.07, 6.45) is -1.04. The summed E-state index contributed by atoms with van der Waals surface area (Å²) in [4.78, 5) is 25.6. The molecule has 2 N–H and O–H groups in total. The van der Waals surface area contributed by atoms with E-state index in [-0.39, 0.29) is 17.1 Å². The van der Waals surface area contributed by atoms with Gasteiger partial charge in [0.05, 0.1) is 17.6 Å². The van der Waals surface area contributed by atoms with Crippen LogP contribution in [-0.4, -0.2) is 40.1 Å². The molecule has 9 nitrogen and oxygen atoms in total. The number of nitrogens with one attached hydrogen (secondary N) is 2. The summed E-state index contributed by atoms with van der Waals surface area (Å²) >= 11 is 0. The number of hydrogen-bond donors (Lipinski definition) is 2. The monoisotopic (exact) mass is 392 g/mol. The van der Waals surface area contributed by atoms with Gasteiger partial charge in [0.15, 0.2) is 11.5 Å². The topological polar surface area (TPSA) is 120 Å². The summed E-state index contributed by atoms with van der Waals surface area (Å²) in [7, 11) is -3.08. The summed E-state index contributed by atoms with van der Waals surface area (Å²) in [5, 5.41) is 0. The number of sulfonamides is 1. The minimum Gasteiger partial charge on any atom is -0.485 e. The van der Waals surface area contributed by atoms with Gasteiger partial charge in [-0.05, 0) is 24.3 Å². The average molecular weight is 392 g/mol. The van der Waals surface area contributed by atoms with Crippen molar-refractivity contribution in [3.8, 4) is 11.5 Å². The van der Waals surface area contributed by atoms with Crippen LogP contribution in [0.15, 0.2) is 53.4 Å². The molecule has 1 aliphatic rings. The molecular formula is C17H16N2O7S.